The van der Waals surface area contributed by atoms with Crippen LogP contribution in [-0.2, 0) is 4.84 Å². The fourth-order valence-corrected chi connectivity index (χ4v) is 3.10. The maximum atomic E-state index is 13.0. The second-order valence-electron chi connectivity index (χ2n) is 7.92. The Labute approximate surface area is 182 Å². The number of allylic oxidation sites excluding steroid dienone is 1. The number of hydrogen-bond donors (Lipinski definition) is 2. The van der Waals surface area contributed by atoms with Crippen LogP contribution < -0.4 is 20.7 Å². The van der Waals surface area contributed by atoms with Gasteiger partial charge in [-0.15, -0.1) is 13.2 Å². The summed E-state index contributed by atoms with van der Waals surface area (Å²) < 4.78 is 41.1. The number of ether oxygens (including phenoxy) is 1. The van der Waals surface area contributed by atoms with Crippen LogP contribution in [0.15, 0.2) is 48.4 Å². The lowest BCUT2D eigenvalue weighted by atomic mass is 9.94. The second kappa shape index (κ2) is 8.32. The fourth-order valence-electron chi connectivity index (χ4n) is 2.83. The molecule has 0 fully saturated rings. The van der Waals surface area contributed by atoms with E-state index >= 15 is 0 Å². The first-order valence-electron chi connectivity index (χ1n) is 9.25. The molecule has 1 aliphatic rings. The zero-order valence-corrected chi connectivity index (χ0v) is 18.0. The lowest BCUT2D eigenvalue weighted by molar-refractivity contribution is -0.274. The van der Waals surface area contributed by atoms with Gasteiger partial charge in [0.2, 0.25) is 0 Å². The van der Waals surface area contributed by atoms with Crippen LogP contribution in [0.3, 0.4) is 0 Å². The molecular formula is C21H21ClF3N3O3. The largest absolute Gasteiger partial charge is 0.573 e. The van der Waals surface area contributed by atoms with Crippen molar-refractivity contribution < 1.29 is 27.5 Å². The summed E-state index contributed by atoms with van der Waals surface area (Å²) in [5, 5.41) is 4.51. The van der Waals surface area contributed by atoms with Gasteiger partial charge in [-0.1, -0.05) is 44.0 Å². The molecule has 1 heterocycles. The Bertz CT molecular complexity index is 1030. The van der Waals surface area contributed by atoms with E-state index in [1.54, 1.807) is 31.3 Å². The van der Waals surface area contributed by atoms with Gasteiger partial charge < -0.3 is 14.9 Å². The van der Waals surface area contributed by atoms with Gasteiger partial charge in [0.25, 0.3) is 5.91 Å². The maximum absolute atomic E-state index is 13.0. The Balaban J connectivity index is 1.87. The molecule has 2 aromatic rings. The predicted molar refractivity (Wildman–Crippen MR) is 112 cm³/mol. The van der Waals surface area contributed by atoms with Crippen molar-refractivity contribution in [3.05, 3.63) is 64.5 Å². The standard InChI is InChI=1S/C21H21ClF3N3O3/c1-12-10-13(30-21(23,24)25)8-9-16(12)26-19(29)14-6-5-7-15(22)18(14)28-11-17(31-27-28)20(2,3)4/h5-11,27H,1-4H3,(H,26,29). The summed E-state index contributed by atoms with van der Waals surface area (Å²) in [6.07, 6.45) is -3.09. The van der Waals surface area contributed by atoms with Gasteiger partial charge in [0.15, 0.2) is 0 Å². The average molecular weight is 456 g/mol. The van der Waals surface area contributed by atoms with E-state index < -0.39 is 12.3 Å². The summed E-state index contributed by atoms with van der Waals surface area (Å²) >= 11 is 6.36. The number of halogens is 4. The van der Waals surface area contributed by atoms with E-state index in [1.807, 2.05) is 20.8 Å². The lowest BCUT2D eigenvalue weighted by Gasteiger charge is -2.20. The number of carbonyl (C=O) groups excluding carboxylic acids is 1. The third-order valence-corrected chi connectivity index (χ3v) is 4.70. The van der Waals surface area contributed by atoms with Crippen LogP contribution in [0.4, 0.5) is 24.5 Å². The van der Waals surface area contributed by atoms with E-state index in [1.165, 1.54) is 17.1 Å². The number of amides is 1. The van der Waals surface area contributed by atoms with Crippen LogP contribution in [0.5, 0.6) is 5.75 Å². The first kappa shape index (κ1) is 22.8. The molecule has 0 aromatic heterocycles. The van der Waals surface area contributed by atoms with Crippen molar-refractivity contribution in [1.29, 1.82) is 0 Å². The van der Waals surface area contributed by atoms with Crippen LogP contribution in [0.2, 0.25) is 5.02 Å². The van der Waals surface area contributed by atoms with Gasteiger partial charge in [-0.2, -0.15) is 0 Å². The summed E-state index contributed by atoms with van der Waals surface area (Å²) in [6.45, 7) is 7.48. The molecule has 0 spiro atoms. The summed E-state index contributed by atoms with van der Waals surface area (Å²) in [4.78, 5) is 18.5. The number of benzene rings is 2. The highest BCUT2D eigenvalue weighted by atomic mass is 35.5. The van der Waals surface area contributed by atoms with E-state index in [0.29, 0.717) is 27.7 Å². The van der Waals surface area contributed by atoms with Crippen molar-refractivity contribution in [2.45, 2.75) is 34.1 Å². The van der Waals surface area contributed by atoms with E-state index in [2.05, 4.69) is 15.6 Å². The summed E-state index contributed by atoms with van der Waals surface area (Å²) in [7, 11) is 0. The Morgan fingerprint density at radius 2 is 1.90 bits per heavy atom. The van der Waals surface area contributed by atoms with Gasteiger partial charge in [0, 0.05) is 11.1 Å². The molecule has 2 N–H and O–H groups in total. The van der Waals surface area contributed by atoms with E-state index in [9.17, 15) is 18.0 Å². The number of anilines is 2. The topological polar surface area (TPSA) is 62.8 Å². The SMILES string of the molecule is Cc1cc(OC(F)(F)F)ccc1NC(=O)c1cccc(Cl)c1N1C=C(C(C)(C)C)ON1. The van der Waals surface area contributed by atoms with Crippen LogP contribution in [0, 0.1) is 12.3 Å². The van der Waals surface area contributed by atoms with E-state index in [0.717, 1.165) is 6.07 Å². The number of nitrogens with zero attached hydrogens (tertiary/aromatic N) is 1. The van der Waals surface area contributed by atoms with E-state index in [4.69, 9.17) is 16.4 Å². The summed E-state index contributed by atoms with van der Waals surface area (Å²) in [5.74, 6) is -0.218. The first-order chi connectivity index (χ1) is 14.3. The van der Waals surface area contributed by atoms with Crippen LogP contribution >= 0.6 is 11.6 Å². The quantitative estimate of drug-likeness (QED) is 0.597. The minimum absolute atomic E-state index is 0.241. The molecular weight excluding hydrogens is 435 g/mol. The molecule has 0 saturated carbocycles. The predicted octanol–water partition coefficient (Wildman–Crippen LogP) is 5.94. The van der Waals surface area contributed by atoms with E-state index in [-0.39, 0.29) is 16.7 Å². The minimum atomic E-state index is -4.79. The zero-order chi connectivity index (χ0) is 23.0. The Hall–Kier alpha value is -2.91. The van der Waals surface area contributed by atoms with Crippen molar-refractivity contribution in [2.75, 3.05) is 10.3 Å². The zero-order valence-electron chi connectivity index (χ0n) is 17.2. The van der Waals surface area contributed by atoms with Crippen molar-refractivity contribution in [1.82, 2.24) is 5.59 Å². The molecule has 0 radical (unpaired) electrons. The number of hydrazine groups is 1. The third kappa shape index (κ3) is 5.42. The molecule has 1 aliphatic heterocycles. The normalized spacial score (nSPS) is 14.2. The average Bonchev–Trinajstić information content (AvgIpc) is 3.12. The molecule has 10 heteroatoms. The Morgan fingerprint density at radius 1 is 1.19 bits per heavy atom. The monoisotopic (exact) mass is 455 g/mol. The Morgan fingerprint density at radius 3 is 2.48 bits per heavy atom. The number of aryl methyl sites for hydroxylation is 1. The van der Waals surface area contributed by atoms with Crippen LogP contribution in [0.1, 0.15) is 36.7 Å². The number of rotatable bonds is 4. The maximum Gasteiger partial charge on any atom is 0.573 e. The summed E-state index contributed by atoms with van der Waals surface area (Å²) in [6, 6.07) is 8.50. The molecule has 0 bridgehead atoms. The van der Waals surface area contributed by atoms with Gasteiger partial charge in [0.05, 0.1) is 22.5 Å². The Kier molecular flexibility index (Phi) is 6.11. The first-order valence-corrected chi connectivity index (χ1v) is 9.63. The molecule has 3 rings (SSSR count). The lowest BCUT2D eigenvalue weighted by Crippen LogP contribution is -2.30. The third-order valence-electron chi connectivity index (χ3n) is 4.39. The number of carbonyl (C=O) groups is 1. The minimum Gasteiger partial charge on any atom is -0.406 e. The number of nitrogens with one attached hydrogen (secondary N) is 2. The smallest absolute Gasteiger partial charge is 0.406 e. The molecule has 1 amide bonds. The number of hydrogen-bond acceptors (Lipinski definition) is 5. The van der Waals surface area contributed by atoms with Crippen molar-refractivity contribution in [2.24, 2.45) is 5.41 Å². The molecule has 0 saturated heterocycles. The molecule has 6 nitrogen and oxygen atoms in total. The van der Waals surface area contributed by atoms with Gasteiger partial charge in [0.1, 0.15) is 11.5 Å². The summed E-state index contributed by atoms with van der Waals surface area (Å²) in [5.41, 5.74) is 3.79. The van der Waals surface area contributed by atoms with Crippen LogP contribution in [-0.4, -0.2) is 12.3 Å². The molecule has 166 valence electrons. The van der Waals surface area contributed by atoms with Crippen molar-refractivity contribution in [3.63, 3.8) is 0 Å². The molecule has 0 unspecified atom stereocenters. The molecule has 31 heavy (non-hydrogen) atoms. The van der Waals surface area contributed by atoms with Gasteiger partial charge in [-0.3, -0.25) is 4.79 Å². The van der Waals surface area contributed by atoms with Crippen LogP contribution in [0.25, 0.3) is 0 Å². The van der Waals surface area contributed by atoms with Crippen molar-refractivity contribution in [3.8, 4) is 5.75 Å². The van der Waals surface area contributed by atoms with Gasteiger partial charge in [-0.25, -0.2) is 5.01 Å². The van der Waals surface area contributed by atoms with Gasteiger partial charge >= 0.3 is 6.36 Å². The van der Waals surface area contributed by atoms with Crippen molar-refractivity contribution >= 4 is 28.9 Å². The highest BCUT2D eigenvalue weighted by Gasteiger charge is 2.31. The molecule has 0 aliphatic carbocycles. The van der Waals surface area contributed by atoms with Gasteiger partial charge in [-0.05, 0) is 42.8 Å². The highest BCUT2D eigenvalue weighted by molar-refractivity contribution is 6.34. The highest BCUT2D eigenvalue weighted by Crippen LogP contribution is 2.36. The fraction of sp³-hybridized carbons (Fsp3) is 0.286. The number of para-hydroxylation sites is 1. The number of alkyl halides is 3. The second-order valence-corrected chi connectivity index (χ2v) is 8.33. The molecule has 2 aromatic carbocycles. The molecule has 0 atom stereocenters.